The quantitative estimate of drug-likeness (QED) is 0.804. The molecule has 2 atom stereocenters. The maximum atomic E-state index is 12.6. The average molecular weight is 324 g/mol. The van der Waals surface area contributed by atoms with E-state index in [1.807, 2.05) is 38.1 Å². The minimum Gasteiger partial charge on any atom is -0.462 e. The molecule has 4 rings (SSSR count). The molecule has 1 saturated heterocycles. The minimum absolute atomic E-state index is 0.243. The van der Waals surface area contributed by atoms with Gasteiger partial charge in [0.15, 0.2) is 0 Å². The summed E-state index contributed by atoms with van der Waals surface area (Å²) in [7, 11) is 0. The fourth-order valence-corrected chi connectivity index (χ4v) is 4.44. The summed E-state index contributed by atoms with van der Waals surface area (Å²) in [4.78, 5) is 19.9. The molecule has 2 aliphatic rings. The molecule has 1 aliphatic carbocycles. The van der Waals surface area contributed by atoms with Gasteiger partial charge >= 0.3 is 5.97 Å². The number of para-hydroxylation sites is 1. The van der Waals surface area contributed by atoms with Crippen molar-refractivity contribution >= 4 is 16.9 Å². The topological polar surface area (TPSA) is 42.4 Å². The van der Waals surface area contributed by atoms with Crippen LogP contribution in [0, 0.1) is 12.8 Å². The number of piperidine rings is 1. The average Bonchev–Trinajstić information content (AvgIpc) is 3.18. The van der Waals surface area contributed by atoms with Gasteiger partial charge in [0, 0.05) is 24.5 Å². The smallest absolute Gasteiger partial charge is 0.340 e. The van der Waals surface area contributed by atoms with Crippen LogP contribution in [0.3, 0.4) is 0 Å². The zero-order chi connectivity index (χ0) is 16.7. The Balaban J connectivity index is 1.76. The van der Waals surface area contributed by atoms with Crippen molar-refractivity contribution < 1.29 is 9.53 Å². The van der Waals surface area contributed by atoms with Crippen molar-refractivity contribution in [3.8, 4) is 0 Å². The molecule has 4 nitrogen and oxygen atoms in total. The Morgan fingerprint density at radius 1 is 1.33 bits per heavy atom. The lowest BCUT2D eigenvalue weighted by Crippen LogP contribution is -2.32. The van der Waals surface area contributed by atoms with Crippen molar-refractivity contribution in [1.29, 1.82) is 0 Å². The number of nitrogens with zero attached hydrogens (tertiary/aromatic N) is 2. The van der Waals surface area contributed by atoms with Gasteiger partial charge in [0.2, 0.25) is 0 Å². The molecule has 1 saturated carbocycles. The third kappa shape index (κ3) is 2.59. The lowest BCUT2D eigenvalue weighted by atomic mass is 10.0. The van der Waals surface area contributed by atoms with Crippen LogP contribution in [0.25, 0.3) is 10.9 Å². The van der Waals surface area contributed by atoms with Crippen LogP contribution in [0.4, 0.5) is 0 Å². The van der Waals surface area contributed by atoms with E-state index in [9.17, 15) is 4.79 Å². The largest absolute Gasteiger partial charge is 0.462 e. The Bertz CT molecular complexity index is 787. The SMILES string of the molecule is CCOC(=O)c1c(CN2CC3CCC2C3)nc2ccccc2c1C. The Morgan fingerprint density at radius 2 is 2.17 bits per heavy atom. The van der Waals surface area contributed by atoms with Crippen LogP contribution in [-0.2, 0) is 11.3 Å². The summed E-state index contributed by atoms with van der Waals surface area (Å²) < 4.78 is 5.33. The van der Waals surface area contributed by atoms with Crippen LogP contribution in [0.5, 0.6) is 0 Å². The van der Waals surface area contributed by atoms with Gasteiger partial charge in [-0.2, -0.15) is 0 Å². The standard InChI is InChI=1S/C20H24N2O2/c1-3-24-20(23)19-13(2)16-6-4-5-7-17(16)21-18(19)12-22-11-14-8-9-15(22)10-14/h4-7,14-15H,3,8-12H2,1-2H3. The van der Waals surface area contributed by atoms with E-state index in [1.54, 1.807) is 0 Å². The number of pyridine rings is 1. The highest BCUT2D eigenvalue weighted by molar-refractivity contribution is 5.98. The number of hydrogen-bond donors (Lipinski definition) is 0. The summed E-state index contributed by atoms with van der Waals surface area (Å²) in [5.74, 6) is 0.593. The molecule has 1 aromatic heterocycles. The van der Waals surface area contributed by atoms with Gasteiger partial charge < -0.3 is 4.74 Å². The summed E-state index contributed by atoms with van der Waals surface area (Å²) in [6, 6.07) is 8.71. The Hall–Kier alpha value is -1.94. The number of likely N-dealkylation sites (tertiary alicyclic amines) is 1. The van der Waals surface area contributed by atoms with Crippen LogP contribution >= 0.6 is 0 Å². The second kappa shape index (κ2) is 6.17. The molecule has 0 amide bonds. The van der Waals surface area contributed by atoms with Gasteiger partial charge in [-0.05, 0) is 50.7 Å². The van der Waals surface area contributed by atoms with E-state index < -0.39 is 0 Å². The van der Waals surface area contributed by atoms with Gasteiger partial charge in [0.25, 0.3) is 0 Å². The van der Waals surface area contributed by atoms with E-state index in [1.165, 1.54) is 19.3 Å². The number of rotatable bonds is 4. The molecular weight excluding hydrogens is 300 g/mol. The summed E-state index contributed by atoms with van der Waals surface area (Å²) >= 11 is 0. The molecule has 1 aromatic carbocycles. The molecule has 4 heteroatoms. The molecule has 0 radical (unpaired) electrons. The predicted octanol–water partition coefficient (Wildman–Crippen LogP) is 3.70. The Morgan fingerprint density at radius 3 is 2.88 bits per heavy atom. The lowest BCUT2D eigenvalue weighted by molar-refractivity contribution is 0.0522. The first kappa shape index (κ1) is 15.6. The second-order valence-electron chi connectivity index (χ2n) is 7.06. The zero-order valence-corrected chi connectivity index (χ0v) is 14.4. The van der Waals surface area contributed by atoms with Crippen LogP contribution in [-0.4, -0.2) is 35.0 Å². The van der Waals surface area contributed by atoms with E-state index in [2.05, 4.69) is 4.90 Å². The monoisotopic (exact) mass is 324 g/mol. The van der Waals surface area contributed by atoms with Crippen LogP contribution in [0.2, 0.25) is 0 Å². The zero-order valence-electron chi connectivity index (χ0n) is 14.4. The van der Waals surface area contributed by atoms with Crippen molar-refractivity contribution in [3.63, 3.8) is 0 Å². The van der Waals surface area contributed by atoms with E-state index >= 15 is 0 Å². The van der Waals surface area contributed by atoms with Crippen molar-refractivity contribution in [3.05, 3.63) is 41.1 Å². The van der Waals surface area contributed by atoms with E-state index in [4.69, 9.17) is 9.72 Å². The number of ether oxygens (including phenoxy) is 1. The number of benzene rings is 1. The Labute approximate surface area is 142 Å². The third-order valence-electron chi connectivity index (χ3n) is 5.58. The second-order valence-corrected chi connectivity index (χ2v) is 7.06. The van der Waals surface area contributed by atoms with Gasteiger partial charge in [-0.3, -0.25) is 9.88 Å². The molecule has 2 fully saturated rings. The molecule has 24 heavy (non-hydrogen) atoms. The van der Waals surface area contributed by atoms with Gasteiger partial charge in [-0.1, -0.05) is 18.2 Å². The number of aryl methyl sites for hydroxylation is 1. The van der Waals surface area contributed by atoms with Crippen molar-refractivity contribution in [1.82, 2.24) is 9.88 Å². The highest BCUT2D eigenvalue weighted by Gasteiger charge is 2.38. The lowest BCUT2D eigenvalue weighted by Gasteiger charge is -2.27. The highest BCUT2D eigenvalue weighted by atomic mass is 16.5. The van der Waals surface area contributed by atoms with Crippen molar-refractivity contribution in [2.45, 2.75) is 45.7 Å². The molecule has 126 valence electrons. The fraction of sp³-hybridized carbons (Fsp3) is 0.500. The number of esters is 1. The fourth-order valence-electron chi connectivity index (χ4n) is 4.44. The maximum Gasteiger partial charge on any atom is 0.340 e. The van der Waals surface area contributed by atoms with E-state index in [0.29, 0.717) is 18.2 Å². The highest BCUT2D eigenvalue weighted by Crippen LogP contribution is 2.38. The molecule has 0 spiro atoms. The summed E-state index contributed by atoms with van der Waals surface area (Å²) in [6.45, 7) is 6.14. The molecule has 2 aromatic rings. The predicted molar refractivity (Wildman–Crippen MR) is 94.0 cm³/mol. The first-order chi connectivity index (χ1) is 11.7. The first-order valence-electron chi connectivity index (χ1n) is 8.96. The molecule has 2 bridgehead atoms. The summed E-state index contributed by atoms with van der Waals surface area (Å²) in [6.07, 6.45) is 3.95. The third-order valence-corrected chi connectivity index (χ3v) is 5.58. The maximum absolute atomic E-state index is 12.6. The number of aromatic nitrogens is 1. The molecule has 2 heterocycles. The number of hydrogen-bond acceptors (Lipinski definition) is 4. The molecule has 1 aliphatic heterocycles. The van der Waals surface area contributed by atoms with Crippen molar-refractivity contribution in [2.24, 2.45) is 5.92 Å². The summed E-state index contributed by atoms with van der Waals surface area (Å²) in [5, 5.41) is 1.03. The van der Waals surface area contributed by atoms with Gasteiger partial charge in [-0.25, -0.2) is 4.79 Å². The van der Waals surface area contributed by atoms with Crippen molar-refractivity contribution in [2.75, 3.05) is 13.2 Å². The van der Waals surface area contributed by atoms with Gasteiger partial charge in [-0.15, -0.1) is 0 Å². The van der Waals surface area contributed by atoms with Gasteiger partial charge in [0.1, 0.15) is 0 Å². The van der Waals surface area contributed by atoms with Crippen LogP contribution in [0.1, 0.15) is 47.8 Å². The van der Waals surface area contributed by atoms with Crippen LogP contribution < -0.4 is 0 Å². The molecular formula is C20H24N2O2. The van der Waals surface area contributed by atoms with Gasteiger partial charge in [0.05, 0.1) is 23.4 Å². The Kier molecular flexibility index (Phi) is 4.01. The normalized spacial score (nSPS) is 23.1. The summed E-state index contributed by atoms with van der Waals surface area (Å²) in [5.41, 5.74) is 3.48. The van der Waals surface area contributed by atoms with Crippen LogP contribution in [0.15, 0.2) is 24.3 Å². The first-order valence-corrected chi connectivity index (χ1v) is 8.96. The van der Waals surface area contributed by atoms with E-state index in [0.717, 1.165) is 41.2 Å². The molecule has 0 N–H and O–H groups in total. The minimum atomic E-state index is -0.243. The number of carbonyl (C=O) groups is 1. The molecule has 2 unspecified atom stereocenters. The number of carbonyl (C=O) groups excluding carboxylic acids is 1. The number of fused-ring (bicyclic) bond motifs is 3. The van der Waals surface area contributed by atoms with E-state index in [-0.39, 0.29) is 5.97 Å².